The molecule has 120 valence electrons. The van der Waals surface area contributed by atoms with Crippen molar-refractivity contribution in [2.45, 2.75) is 24.8 Å². The van der Waals surface area contributed by atoms with E-state index in [1.807, 2.05) is 11.0 Å². The van der Waals surface area contributed by atoms with Crippen LogP contribution in [0.2, 0.25) is 0 Å². The van der Waals surface area contributed by atoms with Crippen LogP contribution in [0.3, 0.4) is 0 Å². The Hall–Kier alpha value is -1.60. The van der Waals surface area contributed by atoms with Crippen molar-refractivity contribution >= 4 is 29.1 Å². The molecule has 1 fully saturated rings. The summed E-state index contributed by atoms with van der Waals surface area (Å²) >= 11 is 1.20. The Morgan fingerprint density at radius 3 is 2.86 bits per heavy atom. The van der Waals surface area contributed by atoms with Gasteiger partial charge in [0.2, 0.25) is 5.91 Å². The number of ether oxygens (including phenoxy) is 1. The molecule has 0 aliphatic carbocycles. The van der Waals surface area contributed by atoms with Crippen LogP contribution in [-0.2, 0) is 14.3 Å². The molecule has 0 spiro atoms. The van der Waals surface area contributed by atoms with Gasteiger partial charge < -0.3 is 15.0 Å². The minimum absolute atomic E-state index is 0.0160. The van der Waals surface area contributed by atoms with Crippen molar-refractivity contribution in [2.75, 3.05) is 30.5 Å². The van der Waals surface area contributed by atoms with Crippen LogP contribution >= 0.6 is 11.8 Å². The predicted molar refractivity (Wildman–Crippen MR) is 83.6 cm³/mol. The third-order valence-corrected chi connectivity index (χ3v) is 4.37. The molecule has 0 aromatic heterocycles. The predicted octanol–water partition coefficient (Wildman–Crippen LogP) is 1.81. The number of nitrogens with one attached hydrogen (secondary N) is 1. The quantitative estimate of drug-likeness (QED) is 0.808. The van der Waals surface area contributed by atoms with Crippen LogP contribution in [0.25, 0.3) is 0 Å². The van der Waals surface area contributed by atoms with Crippen LogP contribution in [0.15, 0.2) is 23.1 Å². The number of halogens is 1. The first-order valence-corrected chi connectivity index (χ1v) is 7.97. The highest BCUT2D eigenvalue weighted by Crippen LogP contribution is 2.27. The second-order valence-corrected chi connectivity index (χ2v) is 6.20. The molecule has 1 aromatic rings. The molecule has 1 aliphatic heterocycles. The van der Waals surface area contributed by atoms with Crippen LogP contribution in [0.5, 0.6) is 0 Å². The van der Waals surface area contributed by atoms with Gasteiger partial charge in [0, 0.05) is 30.6 Å². The maximum atomic E-state index is 14.0. The van der Waals surface area contributed by atoms with Gasteiger partial charge in [-0.25, -0.2) is 4.39 Å². The molecular weight excluding hydrogens is 307 g/mol. The molecule has 0 radical (unpaired) electrons. The fourth-order valence-corrected chi connectivity index (χ4v) is 2.81. The van der Waals surface area contributed by atoms with Gasteiger partial charge in [0.15, 0.2) is 0 Å². The summed E-state index contributed by atoms with van der Waals surface area (Å²) < 4.78 is 19.6. The van der Waals surface area contributed by atoms with Gasteiger partial charge in [-0.15, -0.1) is 11.8 Å². The lowest BCUT2D eigenvalue weighted by molar-refractivity contribution is -0.119. The molecule has 1 aromatic carbocycles. The molecule has 2 rings (SSSR count). The van der Waals surface area contributed by atoms with Crippen molar-refractivity contribution in [2.24, 2.45) is 0 Å². The summed E-state index contributed by atoms with van der Waals surface area (Å²) in [6.07, 6.45) is -0.0984. The molecule has 0 unspecified atom stereocenters. The fraction of sp³-hybridized carbons (Fsp3) is 0.467. The number of hydrogen-bond acceptors (Lipinski definition) is 5. The van der Waals surface area contributed by atoms with E-state index in [0.29, 0.717) is 24.7 Å². The Balaban J connectivity index is 1.94. The summed E-state index contributed by atoms with van der Waals surface area (Å²) in [7, 11) is 0. The summed E-state index contributed by atoms with van der Waals surface area (Å²) in [6, 6.07) is 4.95. The number of anilines is 1. The second-order valence-electron chi connectivity index (χ2n) is 5.18. The monoisotopic (exact) mass is 326 g/mol. The third kappa shape index (κ3) is 4.71. The maximum Gasteiger partial charge on any atom is 0.216 e. The third-order valence-electron chi connectivity index (χ3n) is 3.18. The van der Waals surface area contributed by atoms with E-state index < -0.39 is 0 Å². The normalized spacial score (nSPS) is 17.6. The molecule has 1 atom stereocenters. The summed E-state index contributed by atoms with van der Waals surface area (Å²) in [6.45, 7) is 4.35. The van der Waals surface area contributed by atoms with E-state index in [-0.39, 0.29) is 29.4 Å². The molecule has 0 saturated carbocycles. The van der Waals surface area contributed by atoms with Gasteiger partial charge in [0.05, 0.1) is 11.9 Å². The summed E-state index contributed by atoms with van der Waals surface area (Å²) in [5.41, 5.74) is 0.731. The van der Waals surface area contributed by atoms with Gasteiger partial charge in [-0.3, -0.25) is 9.59 Å². The van der Waals surface area contributed by atoms with Crippen LogP contribution in [0, 0.1) is 5.82 Å². The van der Waals surface area contributed by atoms with Gasteiger partial charge in [0.25, 0.3) is 0 Å². The Bertz CT molecular complexity index is 568. The van der Waals surface area contributed by atoms with Crippen molar-refractivity contribution in [3.05, 3.63) is 24.0 Å². The highest BCUT2D eigenvalue weighted by molar-refractivity contribution is 8.00. The Kier molecular flexibility index (Phi) is 5.79. The van der Waals surface area contributed by atoms with Gasteiger partial charge in [-0.1, -0.05) is 0 Å². The van der Waals surface area contributed by atoms with Crippen molar-refractivity contribution in [1.29, 1.82) is 0 Å². The molecule has 5 nitrogen and oxygen atoms in total. The molecule has 1 amide bonds. The molecule has 1 N–H and O–H groups in total. The van der Waals surface area contributed by atoms with Gasteiger partial charge in [0.1, 0.15) is 18.3 Å². The Labute approximate surface area is 133 Å². The minimum atomic E-state index is -0.339. The van der Waals surface area contributed by atoms with E-state index in [0.717, 1.165) is 5.69 Å². The smallest absolute Gasteiger partial charge is 0.216 e. The first-order valence-electron chi connectivity index (χ1n) is 6.98. The number of thioether (sulfide) groups is 1. The average Bonchev–Trinajstić information content (AvgIpc) is 2.92. The molecule has 1 saturated heterocycles. The summed E-state index contributed by atoms with van der Waals surface area (Å²) in [5, 5.41) is 2.71. The van der Waals surface area contributed by atoms with Crippen molar-refractivity contribution in [3.63, 3.8) is 0 Å². The highest BCUT2D eigenvalue weighted by Gasteiger charge is 2.24. The van der Waals surface area contributed by atoms with Crippen molar-refractivity contribution < 1.29 is 18.7 Å². The number of rotatable bonds is 6. The first-order chi connectivity index (χ1) is 10.5. The van der Waals surface area contributed by atoms with Crippen LogP contribution in [0.4, 0.5) is 10.1 Å². The number of carbonyl (C=O) groups is 2. The number of benzene rings is 1. The van der Waals surface area contributed by atoms with E-state index in [2.05, 4.69) is 5.32 Å². The van der Waals surface area contributed by atoms with E-state index in [1.165, 1.54) is 31.7 Å². The SMILES string of the molecule is CC(=O)CSc1ccc(N2CO[C@@H](CNC(C)=O)C2)cc1F. The van der Waals surface area contributed by atoms with Crippen molar-refractivity contribution in [1.82, 2.24) is 5.32 Å². The minimum Gasteiger partial charge on any atom is -0.354 e. The number of carbonyl (C=O) groups excluding carboxylic acids is 2. The largest absolute Gasteiger partial charge is 0.354 e. The van der Waals surface area contributed by atoms with Gasteiger partial charge in [-0.05, 0) is 25.1 Å². The maximum absolute atomic E-state index is 14.0. The zero-order chi connectivity index (χ0) is 16.1. The van der Waals surface area contributed by atoms with Crippen LogP contribution in [-0.4, -0.2) is 43.4 Å². The van der Waals surface area contributed by atoms with Gasteiger partial charge in [-0.2, -0.15) is 0 Å². The topological polar surface area (TPSA) is 58.6 Å². The average molecular weight is 326 g/mol. The summed E-state index contributed by atoms with van der Waals surface area (Å²) in [5.74, 6) is -0.154. The van der Waals surface area contributed by atoms with E-state index >= 15 is 0 Å². The Morgan fingerprint density at radius 2 is 2.23 bits per heavy atom. The van der Waals surface area contributed by atoms with Crippen LogP contribution < -0.4 is 10.2 Å². The molecular formula is C15H19FN2O3S. The second kappa shape index (κ2) is 7.60. The van der Waals surface area contributed by atoms with Crippen molar-refractivity contribution in [3.8, 4) is 0 Å². The van der Waals surface area contributed by atoms with E-state index in [4.69, 9.17) is 4.74 Å². The number of nitrogens with zero attached hydrogens (tertiary/aromatic N) is 1. The molecule has 1 aliphatic rings. The number of amides is 1. The lowest BCUT2D eigenvalue weighted by atomic mass is 10.2. The number of hydrogen-bond donors (Lipinski definition) is 1. The zero-order valence-electron chi connectivity index (χ0n) is 12.6. The summed E-state index contributed by atoms with van der Waals surface area (Å²) in [4.78, 5) is 24.2. The van der Waals surface area contributed by atoms with E-state index in [1.54, 1.807) is 6.07 Å². The fourth-order valence-electron chi connectivity index (χ4n) is 2.09. The number of ketones is 1. The lowest BCUT2D eigenvalue weighted by Gasteiger charge is -2.17. The molecule has 0 bridgehead atoms. The molecule has 7 heteroatoms. The molecule has 1 heterocycles. The van der Waals surface area contributed by atoms with Crippen LogP contribution in [0.1, 0.15) is 13.8 Å². The highest BCUT2D eigenvalue weighted by atomic mass is 32.2. The lowest BCUT2D eigenvalue weighted by Crippen LogP contribution is -2.33. The Morgan fingerprint density at radius 1 is 1.45 bits per heavy atom. The first kappa shape index (κ1) is 16.8. The standard InChI is InChI=1S/C15H19FN2O3S/c1-10(19)8-22-15-4-3-12(5-14(15)16)18-7-13(21-9-18)6-17-11(2)20/h3-5,13H,6-9H2,1-2H3,(H,17,20)/t13-/m0/s1. The zero-order valence-corrected chi connectivity index (χ0v) is 13.4. The van der Waals surface area contributed by atoms with Gasteiger partial charge >= 0.3 is 0 Å². The molecule has 22 heavy (non-hydrogen) atoms. The van der Waals surface area contributed by atoms with E-state index in [9.17, 15) is 14.0 Å². The number of Topliss-reactive ketones (excluding diaryl/α,β-unsaturated/α-hetero) is 1.